The van der Waals surface area contributed by atoms with Gasteiger partial charge in [0.25, 0.3) is 0 Å². The Kier molecular flexibility index (Phi) is 7.94. The zero-order chi connectivity index (χ0) is 21.6. The summed E-state index contributed by atoms with van der Waals surface area (Å²) in [5, 5.41) is 12.6. The highest BCUT2D eigenvalue weighted by atomic mass is 19.2. The first-order valence-electron chi connectivity index (χ1n) is 8.85. The van der Waals surface area contributed by atoms with Crippen molar-refractivity contribution in [3.8, 4) is 5.75 Å². The van der Waals surface area contributed by atoms with Crippen LogP contribution in [0, 0.1) is 29.2 Å². The number of ether oxygens (including phenoxy) is 1. The number of rotatable bonds is 9. The van der Waals surface area contributed by atoms with Gasteiger partial charge in [0.15, 0.2) is 17.4 Å². The molecule has 1 aliphatic heterocycles. The van der Waals surface area contributed by atoms with Gasteiger partial charge in [0.1, 0.15) is 19.0 Å². The smallest absolute Gasteiger partial charge is 0.223 e. The van der Waals surface area contributed by atoms with Gasteiger partial charge in [-0.15, -0.1) is 0 Å². The number of aliphatic hydroxyl groups is 1. The van der Waals surface area contributed by atoms with Gasteiger partial charge >= 0.3 is 0 Å². The molecule has 2 N–H and O–H groups in total. The van der Waals surface area contributed by atoms with E-state index in [0.29, 0.717) is 38.6 Å². The van der Waals surface area contributed by atoms with Gasteiger partial charge in [0.2, 0.25) is 24.0 Å². The van der Waals surface area contributed by atoms with Crippen molar-refractivity contribution in [1.29, 1.82) is 0 Å². The molecule has 7 nitrogen and oxygen atoms in total. The Hall–Kier alpha value is -2.69. The lowest BCUT2D eigenvalue weighted by Gasteiger charge is -2.30. The van der Waals surface area contributed by atoms with Gasteiger partial charge < -0.3 is 24.9 Å². The number of nitrogens with zero attached hydrogens (tertiary/aromatic N) is 1. The molecule has 2 amide bonds. The first-order valence-corrected chi connectivity index (χ1v) is 8.85. The second-order valence-electron chi connectivity index (χ2n) is 6.61. The topological polar surface area (TPSA) is 95.9 Å². The highest BCUT2D eigenvalue weighted by Crippen LogP contribution is 2.26. The van der Waals surface area contributed by atoms with Crippen LogP contribution in [-0.4, -0.2) is 60.5 Å². The summed E-state index contributed by atoms with van der Waals surface area (Å²) >= 11 is 0. The largest absolute Gasteiger partial charge is 0.485 e. The standard InChI is InChI=1S/C18H20F4N2O5/c19-11-7-12(20)16(22)17(15(11)21)29-8-14(27)13(3-6-25)23-18(28)10-1-4-24(9-26)5-2-10/h6-7,9-10,13-14,27H,1-5,8H2,(H,23,28). The number of nitrogens with one attached hydrogen (secondary N) is 1. The summed E-state index contributed by atoms with van der Waals surface area (Å²) in [5.41, 5.74) is 0. The van der Waals surface area contributed by atoms with Crippen molar-refractivity contribution in [3.63, 3.8) is 0 Å². The molecule has 1 saturated heterocycles. The summed E-state index contributed by atoms with van der Waals surface area (Å²) < 4.78 is 58.3. The molecule has 0 spiro atoms. The first-order chi connectivity index (χ1) is 13.8. The third-order valence-electron chi connectivity index (χ3n) is 4.66. The van der Waals surface area contributed by atoms with Crippen LogP contribution in [0.5, 0.6) is 5.75 Å². The van der Waals surface area contributed by atoms with Crippen molar-refractivity contribution < 1.29 is 41.8 Å². The molecule has 160 valence electrons. The molecule has 1 aromatic carbocycles. The Morgan fingerprint density at radius 3 is 2.31 bits per heavy atom. The third-order valence-corrected chi connectivity index (χ3v) is 4.66. The molecule has 2 rings (SSSR count). The highest BCUT2D eigenvalue weighted by Gasteiger charge is 2.29. The number of hydrogen-bond donors (Lipinski definition) is 2. The van der Waals surface area contributed by atoms with Crippen molar-refractivity contribution in [3.05, 3.63) is 29.3 Å². The molecule has 0 radical (unpaired) electrons. The second kappa shape index (κ2) is 10.2. The predicted molar refractivity (Wildman–Crippen MR) is 90.7 cm³/mol. The van der Waals surface area contributed by atoms with E-state index in [-0.39, 0.29) is 12.5 Å². The average molecular weight is 420 g/mol. The Morgan fingerprint density at radius 2 is 1.79 bits per heavy atom. The van der Waals surface area contributed by atoms with Gasteiger partial charge in [-0.2, -0.15) is 8.78 Å². The van der Waals surface area contributed by atoms with Crippen molar-refractivity contribution in [2.24, 2.45) is 5.92 Å². The molecule has 29 heavy (non-hydrogen) atoms. The first kappa shape index (κ1) is 22.6. The van der Waals surface area contributed by atoms with E-state index < -0.39 is 59.6 Å². The third kappa shape index (κ3) is 5.66. The summed E-state index contributed by atoms with van der Waals surface area (Å²) in [4.78, 5) is 35.4. The number of halogens is 4. The SMILES string of the molecule is O=CCC(NC(=O)C1CCN(C=O)CC1)C(O)COc1c(F)c(F)cc(F)c1F. The van der Waals surface area contributed by atoms with Crippen LogP contribution in [0.25, 0.3) is 0 Å². The minimum absolute atomic E-state index is 0.0132. The van der Waals surface area contributed by atoms with Crippen molar-refractivity contribution in [1.82, 2.24) is 10.2 Å². The van der Waals surface area contributed by atoms with Crippen LogP contribution in [0.1, 0.15) is 19.3 Å². The van der Waals surface area contributed by atoms with E-state index in [2.05, 4.69) is 10.1 Å². The van der Waals surface area contributed by atoms with Gasteiger partial charge in [-0.25, -0.2) is 8.78 Å². The zero-order valence-corrected chi connectivity index (χ0v) is 15.2. The Balaban J connectivity index is 1.99. The molecule has 1 aromatic rings. The lowest BCUT2D eigenvalue weighted by molar-refractivity contribution is -0.130. The molecular formula is C18H20F4N2O5. The molecule has 1 aliphatic rings. The molecule has 11 heteroatoms. The fourth-order valence-electron chi connectivity index (χ4n) is 2.95. The lowest BCUT2D eigenvalue weighted by Crippen LogP contribution is -2.49. The molecule has 1 fully saturated rings. The molecular weight excluding hydrogens is 400 g/mol. The predicted octanol–water partition coefficient (Wildman–Crippen LogP) is 0.925. The number of aldehydes is 1. The van der Waals surface area contributed by atoms with E-state index in [1.165, 1.54) is 4.90 Å². The van der Waals surface area contributed by atoms with Crippen LogP contribution in [0.2, 0.25) is 0 Å². The number of hydrogen-bond acceptors (Lipinski definition) is 5. The van der Waals surface area contributed by atoms with Crippen LogP contribution < -0.4 is 10.1 Å². The minimum Gasteiger partial charge on any atom is -0.485 e. The highest BCUT2D eigenvalue weighted by molar-refractivity contribution is 5.79. The van der Waals surface area contributed by atoms with Crippen LogP contribution in [0.3, 0.4) is 0 Å². The minimum atomic E-state index is -1.77. The monoisotopic (exact) mass is 420 g/mol. The number of carbonyl (C=O) groups is 3. The molecule has 0 aromatic heterocycles. The Bertz CT molecular complexity index is 730. The maximum absolute atomic E-state index is 13.6. The van der Waals surface area contributed by atoms with Crippen LogP contribution in [0.4, 0.5) is 17.6 Å². The maximum atomic E-state index is 13.6. The van der Waals surface area contributed by atoms with Crippen LogP contribution in [0.15, 0.2) is 6.07 Å². The van der Waals surface area contributed by atoms with Crippen molar-refractivity contribution in [2.45, 2.75) is 31.4 Å². The van der Waals surface area contributed by atoms with E-state index in [0.717, 1.165) is 0 Å². The zero-order valence-electron chi connectivity index (χ0n) is 15.2. The Morgan fingerprint density at radius 1 is 1.21 bits per heavy atom. The molecule has 0 bridgehead atoms. The quantitative estimate of drug-likeness (QED) is 0.352. The van der Waals surface area contributed by atoms with Gasteiger partial charge in [-0.1, -0.05) is 0 Å². The van der Waals surface area contributed by atoms with Gasteiger partial charge in [-0.3, -0.25) is 9.59 Å². The average Bonchev–Trinajstić information content (AvgIpc) is 2.71. The number of likely N-dealkylation sites (tertiary alicyclic amines) is 1. The van der Waals surface area contributed by atoms with E-state index in [1.54, 1.807) is 0 Å². The second-order valence-corrected chi connectivity index (χ2v) is 6.61. The van der Waals surface area contributed by atoms with Crippen LogP contribution >= 0.6 is 0 Å². The Labute approximate surface area is 163 Å². The van der Waals surface area contributed by atoms with E-state index in [9.17, 15) is 37.1 Å². The normalized spacial score (nSPS) is 16.8. The number of amides is 2. The summed E-state index contributed by atoms with van der Waals surface area (Å²) in [6, 6.07) is -1.13. The van der Waals surface area contributed by atoms with E-state index >= 15 is 0 Å². The number of carbonyl (C=O) groups excluding carboxylic acids is 3. The summed E-state index contributed by atoms with van der Waals surface area (Å²) in [5.74, 6) is -9.14. The fraction of sp³-hybridized carbons (Fsp3) is 0.500. The van der Waals surface area contributed by atoms with E-state index in [4.69, 9.17) is 0 Å². The summed E-state index contributed by atoms with van der Waals surface area (Å²) in [6.07, 6.45) is -0.0337. The number of piperidine rings is 1. The molecule has 2 atom stereocenters. The van der Waals surface area contributed by atoms with Crippen molar-refractivity contribution in [2.75, 3.05) is 19.7 Å². The fourth-order valence-corrected chi connectivity index (χ4v) is 2.95. The number of aliphatic hydroxyl groups excluding tert-OH is 1. The summed E-state index contributed by atoms with van der Waals surface area (Å²) in [6.45, 7) is -0.0658. The molecule has 1 heterocycles. The lowest BCUT2D eigenvalue weighted by atomic mass is 9.95. The molecule has 0 saturated carbocycles. The number of benzene rings is 1. The molecule has 2 unspecified atom stereocenters. The van der Waals surface area contributed by atoms with Gasteiger partial charge in [0.05, 0.1) is 6.04 Å². The van der Waals surface area contributed by atoms with Gasteiger partial charge in [0, 0.05) is 31.5 Å². The summed E-state index contributed by atoms with van der Waals surface area (Å²) in [7, 11) is 0. The van der Waals surface area contributed by atoms with Crippen LogP contribution in [-0.2, 0) is 14.4 Å². The molecule has 0 aliphatic carbocycles. The van der Waals surface area contributed by atoms with E-state index in [1.807, 2.05) is 0 Å². The maximum Gasteiger partial charge on any atom is 0.223 e. The van der Waals surface area contributed by atoms with Crippen molar-refractivity contribution >= 4 is 18.6 Å². The van der Waals surface area contributed by atoms with Gasteiger partial charge in [-0.05, 0) is 12.8 Å².